The van der Waals surface area contributed by atoms with Gasteiger partial charge in [-0.25, -0.2) is 0 Å². The summed E-state index contributed by atoms with van der Waals surface area (Å²) in [6.45, 7) is 0. The first kappa shape index (κ1) is 10.6. The summed E-state index contributed by atoms with van der Waals surface area (Å²) in [5, 5.41) is 0. The number of hydrazine groups is 1. The number of nitrogens with two attached hydrogens (primary N) is 1. The Labute approximate surface area is 101 Å². The van der Waals surface area contributed by atoms with Crippen molar-refractivity contribution in [3.05, 3.63) is 29.8 Å². The summed E-state index contributed by atoms with van der Waals surface area (Å²) < 4.78 is 0. The van der Waals surface area contributed by atoms with Crippen molar-refractivity contribution in [1.82, 2.24) is 5.43 Å². The molecule has 0 saturated heterocycles. The van der Waals surface area contributed by atoms with Crippen LogP contribution in [0.2, 0.25) is 0 Å². The molecule has 1 fully saturated rings. The van der Waals surface area contributed by atoms with Gasteiger partial charge in [0.1, 0.15) is 0 Å². The Morgan fingerprint density at radius 2 is 2.12 bits per heavy atom. The van der Waals surface area contributed by atoms with Crippen LogP contribution in [0.25, 0.3) is 0 Å². The summed E-state index contributed by atoms with van der Waals surface area (Å²) in [5.41, 5.74) is 4.58. The number of thioether (sulfide) groups is 1. The summed E-state index contributed by atoms with van der Waals surface area (Å²) in [7, 11) is 0. The highest BCUT2D eigenvalue weighted by Gasteiger charge is 2.36. The first-order valence-electron chi connectivity index (χ1n) is 6.08. The van der Waals surface area contributed by atoms with Gasteiger partial charge in [-0.3, -0.25) is 11.3 Å². The van der Waals surface area contributed by atoms with Crippen LogP contribution < -0.4 is 11.3 Å². The molecule has 0 amide bonds. The van der Waals surface area contributed by atoms with E-state index in [1.54, 1.807) is 0 Å². The van der Waals surface area contributed by atoms with E-state index < -0.39 is 0 Å². The van der Waals surface area contributed by atoms with Crippen molar-refractivity contribution < 1.29 is 0 Å². The van der Waals surface area contributed by atoms with Gasteiger partial charge < -0.3 is 0 Å². The van der Waals surface area contributed by atoms with E-state index >= 15 is 0 Å². The third kappa shape index (κ3) is 1.67. The summed E-state index contributed by atoms with van der Waals surface area (Å²) in [4.78, 5) is 1.45. The van der Waals surface area contributed by atoms with Crippen molar-refractivity contribution in [2.75, 3.05) is 5.75 Å². The Morgan fingerprint density at radius 3 is 2.81 bits per heavy atom. The van der Waals surface area contributed by atoms with E-state index in [4.69, 9.17) is 5.84 Å². The average Bonchev–Trinajstić information content (AvgIpc) is 2.67. The predicted octanol–water partition coefficient (Wildman–Crippen LogP) is 2.51. The molecular weight excluding hydrogens is 216 g/mol. The minimum absolute atomic E-state index is 0.477. The molecule has 1 heterocycles. The molecule has 0 radical (unpaired) electrons. The van der Waals surface area contributed by atoms with E-state index in [2.05, 4.69) is 29.7 Å². The highest BCUT2D eigenvalue weighted by molar-refractivity contribution is 7.99. The summed E-state index contributed by atoms with van der Waals surface area (Å²) in [5.74, 6) is 8.35. The van der Waals surface area contributed by atoms with Crippen molar-refractivity contribution in [1.29, 1.82) is 0 Å². The Balaban J connectivity index is 1.84. The number of fused-ring (bicyclic) bond motifs is 1. The van der Waals surface area contributed by atoms with Gasteiger partial charge >= 0.3 is 0 Å². The lowest BCUT2D eigenvalue weighted by Gasteiger charge is -2.37. The number of rotatable bonds is 3. The second kappa shape index (κ2) is 4.40. The lowest BCUT2D eigenvalue weighted by Crippen LogP contribution is -2.47. The molecule has 1 aromatic rings. The van der Waals surface area contributed by atoms with E-state index in [0.29, 0.717) is 12.0 Å². The SMILES string of the molecule is NNC(C1CCC1)C1CSc2ccccc21. The molecule has 0 aromatic heterocycles. The zero-order valence-electron chi connectivity index (χ0n) is 9.36. The van der Waals surface area contributed by atoms with E-state index in [9.17, 15) is 0 Å². The van der Waals surface area contributed by atoms with Crippen LogP contribution in [0.4, 0.5) is 0 Å². The van der Waals surface area contributed by atoms with Gasteiger partial charge in [0, 0.05) is 22.6 Å². The van der Waals surface area contributed by atoms with Gasteiger partial charge in [-0.05, 0) is 30.4 Å². The van der Waals surface area contributed by atoms with Crippen LogP contribution in [0.5, 0.6) is 0 Å². The van der Waals surface area contributed by atoms with Gasteiger partial charge in [-0.1, -0.05) is 24.6 Å². The maximum Gasteiger partial charge on any atom is 0.0315 e. The second-order valence-electron chi connectivity index (χ2n) is 4.84. The Hall–Kier alpha value is -0.510. The van der Waals surface area contributed by atoms with Gasteiger partial charge in [0.05, 0.1) is 0 Å². The standard InChI is InChI=1S/C13H18N2S/c14-15-13(9-4-3-5-9)11-8-16-12-7-2-1-6-10(11)12/h1-2,6-7,9,11,13,15H,3-5,8,14H2. The molecule has 0 spiro atoms. The van der Waals surface area contributed by atoms with Crippen molar-refractivity contribution in [2.24, 2.45) is 11.8 Å². The molecule has 2 unspecified atom stereocenters. The van der Waals surface area contributed by atoms with Gasteiger partial charge in [-0.2, -0.15) is 0 Å². The zero-order chi connectivity index (χ0) is 11.0. The van der Waals surface area contributed by atoms with Crippen LogP contribution in [0.3, 0.4) is 0 Å². The molecule has 3 N–H and O–H groups in total. The van der Waals surface area contributed by atoms with Crippen LogP contribution in [-0.4, -0.2) is 11.8 Å². The lowest BCUT2D eigenvalue weighted by molar-refractivity contribution is 0.210. The van der Waals surface area contributed by atoms with Crippen molar-refractivity contribution in [3.8, 4) is 0 Å². The highest BCUT2D eigenvalue weighted by Crippen LogP contribution is 2.45. The minimum Gasteiger partial charge on any atom is -0.271 e. The monoisotopic (exact) mass is 234 g/mol. The van der Waals surface area contributed by atoms with Crippen LogP contribution in [-0.2, 0) is 0 Å². The molecule has 3 rings (SSSR count). The third-order valence-electron chi connectivity index (χ3n) is 4.02. The van der Waals surface area contributed by atoms with E-state index in [-0.39, 0.29) is 0 Å². The van der Waals surface area contributed by atoms with Crippen LogP contribution in [0.15, 0.2) is 29.2 Å². The number of nitrogens with one attached hydrogen (secondary N) is 1. The molecule has 1 aliphatic heterocycles. The minimum atomic E-state index is 0.477. The first-order chi connectivity index (χ1) is 7.90. The van der Waals surface area contributed by atoms with E-state index in [0.717, 1.165) is 5.92 Å². The fraction of sp³-hybridized carbons (Fsp3) is 0.538. The van der Waals surface area contributed by atoms with E-state index in [1.165, 1.54) is 35.5 Å². The van der Waals surface area contributed by atoms with Gasteiger partial charge in [0.2, 0.25) is 0 Å². The molecule has 86 valence electrons. The number of benzene rings is 1. The summed E-state index contributed by atoms with van der Waals surface area (Å²) >= 11 is 1.98. The molecule has 1 aromatic carbocycles. The Morgan fingerprint density at radius 1 is 1.31 bits per heavy atom. The van der Waals surface area contributed by atoms with Crippen molar-refractivity contribution in [2.45, 2.75) is 36.1 Å². The molecule has 16 heavy (non-hydrogen) atoms. The fourth-order valence-corrected chi connectivity index (χ4v) is 4.17. The Kier molecular flexibility index (Phi) is 2.92. The van der Waals surface area contributed by atoms with Crippen LogP contribution in [0, 0.1) is 5.92 Å². The molecule has 1 aliphatic carbocycles. The zero-order valence-corrected chi connectivity index (χ0v) is 10.2. The Bertz CT molecular complexity index is 376. The largest absolute Gasteiger partial charge is 0.271 e. The summed E-state index contributed by atoms with van der Waals surface area (Å²) in [6, 6.07) is 9.25. The average molecular weight is 234 g/mol. The highest BCUT2D eigenvalue weighted by atomic mass is 32.2. The van der Waals surface area contributed by atoms with Crippen LogP contribution in [0.1, 0.15) is 30.7 Å². The van der Waals surface area contributed by atoms with E-state index in [1.807, 2.05) is 11.8 Å². The maximum atomic E-state index is 5.76. The van der Waals surface area contributed by atoms with Crippen molar-refractivity contribution >= 4 is 11.8 Å². The topological polar surface area (TPSA) is 38.0 Å². The number of hydrogen-bond donors (Lipinski definition) is 2. The smallest absolute Gasteiger partial charge is 0.0315 e. The van der Waals surface area contributed by atoms with Crippen molar-refractivity contribution in [3.63, 3.8) is 0 Å². The van der Waals surface area contributed by atoms with Gasteiger partial charge in [0.25, 0.3) is 0 Å². The maximum absolute atomic E-state index is 5.76. The van der Waals surface area contributed by atoms with Gasteiger partial charge in [-0.15, -0.1) is 11.8 Å². The number of hydrogen-bond acceptors (Lipinski definition) is 3. The molecule has 1 saturated carbocycles. The van der Waals surface area contributed by atoms with Gasteiger partial charge in [0.15, 0.2) is 0 Å². The molecule has 2 aliphatic rings. The lowest BCUT2D eigenvalue weighted by atomic mass is 9.74. The first-order valence-corrected chi connectivity index (χ1v) is 7.06. The fourth-order valence-electron chi connectivity index (χ4n) is 2.86. The summed E-state index contributed by atoms with van der Waals surface area (Å²) in [6.07, 6.45) is 4.07. The molecule has 3 heteroatoms. The van der Waals surface area contributed by atoms with Crippen LogP contribution >= 0.6 is 11.8 Å². The second-order valence-corrected chi connectivity index (χ2v) is 5.90. The normalized spacial score (nSPS) is 26.2. The molecular formula is C13H18N2S. The molecule has 0 bridgehead atoms. The quantitative estimate of drug-likeness (QED) is 0.623. The predicted molar refractivity (Wildman–Crippen MR) is 68.4 cm³/mol. The molecule has 2 nitrogen and oxygen atoms in total. The third-order valence-corrected chi connectivity index (χ3v) is 5.23. The molecule has 2 atom stereocenters.